The first kappa shape index (κ1) is 11.3. The molecule has 2 heterocycles. The van der Waals surface area contributed by atoms with Crippen LogP contribution in [-0.4, -0.2) is 0 Å². The zero-order valence-electron chi connectivity index (χ0n) is 9.34. The van der Waals surface area contributed by atoms with Crippen LogP contribution in [0.2, 0.25) is 5.22 Å². The minimum atomic E-state index is 0.423. The quantitative estimate of drug-likeness (QED) is 0.888. The van der Waals surface area contributed by atoms with Crippen LogP contribution in [0, 0.1) is 13.8 Å². The van der Waals surface area contributed by atoms with Crippen molar-refractivity contribution in [3.8, 4) is 0 Å². The first-order chi connectivity index (χ1) is 7.65. The zero-order chi connectivity index (χ0) is 11.5. The van der Waals surface area contributed by atoms with E-state index >= 15 is 0 Å². The fraction of sp³-hybridized carbons (Fsp3) is 0.333. The van der Waals surface area contributed by atoms with Gasteiger partial charge in [-0.2, -0.15) is 0 Å². The Balaban J connectivity index is 1.86. The molecule has 3 nitrogen and oxygen atoms in total. The molecule has 0 aliphatic heterocycles. The summed E-state index contributed by atoms with van der Waals surface area (Å²) in [6.45, 7) is 5.34. The highest BCUT2D eigenvalue weighted by molar-refractivity contribution is 6.28. The maximum atomic E-state index is 5.68. The largest absolute Gasteiger partial charge is 0.466 e. The summed E-state index contributed by atoms with van der Waals surface area (Å²) in [5.74, 6) is 2.74. The molecule has 0 fully saturated rings. The summed E-state index contributed by atoms with van der Waals surface area (Å²) in [6.07, 6.45) is 0. The molecule has 0 amide bonds. The molecule has 16 heavy (non-hydrogen) atoms. The number of aryl methyl sites for hydroxylation is 2. The van der Waals surface area contributed by atoms with Gasteiger partial charge in [-0.1, -0.05) is 0 Å². The van der Waals surface area contributed by atoms with Crippen LogP contribution >= 0.6 is 11.6 Å². The molecule has 2 rings (SSSR count). The van der Waals surface area contributed by atoms with Crippen molar-refractivity contribution in [2.75, 3.05) is 0 Å². The maximum absolute atomic E-state index is 5.68. The average molecular weight is 240 g/mol. The summed E-state index contributed by atoms with van der Waals surface area (Å²) in [5, 5.41) is 3.70. The predicted molar refractivity (Wildman–Crippen MR) is 62.4 cm³/mol. The van der Waals surface area contributed by atoms with Gasteiger partial charge < -0.3 is 14.2 Å². The van der Waals surface area contributed by atoms with Crippen molar-refractivity contribution < 1.29 is 8.83 Å². The van der Waals surface area contributed by atoms with Gasteiger partial charge in [0.1, 0.15) is 17.3 Å². The first-order valence-electron chi connectivity index (χ1n) is 5.16. The van der Waals surface area contributed by atoms with Crippen LogP contribution in [0.5, 0.6) is 0 Å². The molecule has 1 N–H and O–H groups in total. The summed E-state index contributed by atoms with van der Waals surface area (Å²) < 4.78 is 10.7. The summed E-state index contributed by atoms with van der Waals surface area (Å²) in [6, 6.07) is 5.64. The van der Waals surface area contributed by atoms with E-state index in [1.165, 1.54) is 5.56 Å². The lowest BCUT2D eigenvalue weighted by Crippen LogP contribution is -2.12. The molecule has 2 aromatic rings. The van der Waals surface area contributed by atoms with Crippen LogP contribution in [0.25, 0.3) is 0 Å². The molecule has 0 saturated heterocycles. The third-order valence-corrected chi connectivity index (χ3v) is 2.59. The Morgan fingerprint density at radius 1 is 1.19 bits per heavy atom. The van der Waals surface area contributed by atoms with E-state index in [9.17, 15) is 0 Å². The lowest BCUT2D eigenvalue weighted by Gasteiger charge is -2.00. The van der Waals surface area contributed by atoms with Gasteiger partial charge in [-0.05, 0) is 43.6 Å². The highest BCUT2D eigenvalue weighted by atomic mass is 35.5. The number of rotatable bonds is 4. The van der Waals surface area contributed by atoms with E-state index < -0.39 is 0 Å². The van der Waals surface area contributed by atoms with Crippen LogP contribution in [0.15, 0.2) is 27.0 Å². The van der Waals surface area contributed by atoms with Gasteiger partial charge in [0.25, 0.3) is 0 Å². The highest BCUT2D eigenvalue weighted by Crippen LogP contribution is 2.15. The molecule has 0 saturated carbocycles. The van der Waals surface area contributed by atoms with Gasteiger partial charge in [0, 0.05) is 12.1 Å². The van der Waals surface area contributed by atoms with Gasteiger partial charge >= 0.3 is 0 Å². The van der Waals surface area contributed by atoms with E-state index in [0.29, 0.717) is 11.8 Å². The van der Waals surface area contributed by atoms with Crippen molar-refractivity contribution in [3.63, 3.8) is 0 Å². The molecule has 0 unspecified atom stereocenters. The van der Waals surface area contributed by atoms with Crippen molar-refractivity contribution in [2.45, 2.75) is 26.9 Å². The molecule has 0 spiro atoms. The zero-order valence-corrected chi connectivity index (χ0v) is 10.1. The normalized spacial score (nSPS) is 10.9. The van der Waals surface area contributed by atoms with Crippen LogP contribution in [-0.2, 0) is 13.1 Å². The number of halogens is 1. The number of hydrogen-bond donors (Lipinski definition) is 1. The van der Waals surface area contributed by atoms with Crippen LogP contribution < -0.4 is 5.32 Å². The van der Waals surface area contributed by atoms with Gasteiger partial charge in [0.15, 0.2) is 5.22 Å². The molecular weight excluding hydrogens is 226 g/mol. The van der Waals surface area contributed by atoms with Crippen molar-refractivity contribution in [3.05, 3.63) is 46.3 Å². The van der Waals surface area contributed by atoms with Gasteiger partial charge in [0.05, 0.1) is 6.54 Å². The second kappa shape index (κ2) is 4.76. The smallest absolute Gasteiger partial charge is 0.193 e. The summed E-state index contributed by atoms with van der Waals surface area (Å²) in [5.41, 5.74) is 1.18. The van der Waals surface area contributed by atoms with Gasteiger partial charge in [-0.3, -0.25) is 0 Å². The van der Waals surface area contributed by atoms with Crippen LogP contribution in [0.1, 0.15) is 22.8 Å². The monoisotopic (exact) mass is 239 g/mol. The molecule has 0 atom stereocenters. The van der Waals surface area contributed by atoms with Gasteiger partial charge in [-0.25, -0.2) is 0 Å². The van der Waals surface area contributed by atoms with E-state index in [2.05, 4.69) is 5.32 Å². The van der Waals surface area contributed by atoms with Crippen molar-refractivity contribution >= 4 is 11.6 Å². The van der Waals surface area contributed by atoms with Crippen LogP contribution in [0.4, 0.5) is 0 Å². The number of hydrogen-bond acceptors (Lipinski definition) is 3. The third kappa shape index (κ3) is 2.68. The third-order valence-electron chi connectivity index (χ3n) is 2.39. The number of nitrogens with one attached hydrogen (secondary N) is 1. The van der Waals surface area contributed by atoms with E-state index in [0.717, 1.165) is 23.8 Å². The fourth-order valence-corrected chi connectivity index (χ4v) is 1.79. The summed E-state index contributed by atoms with van der Waals surface area (Å²) in [7, 11) is 0. The Labute approximate surface area is 99.4 Å². The van der Waals surface area contributed by atoms with Crippen molar-refractivity contribution in [1.29, 1.82) is 0 Å². The van der Waals surface area contributed by atoms with E-state index in [4.69, 9.17) is 20.4 Å². The predicted octanol–water partition coefficient (Wildman–Crippen LogP) is 3.43. The van der Waals surface area contributed by atoms with Crippen LogP contribution in [0.3, 0.4) is 0 Å². The topological polar surface area (TPSA) is 38.3 Å². The van der Waals surface area contributed by atoms with Crippen molar-refractivity contribution in [1.82, 2.24) is 5.32 Å². The van der Waals surface area contributed by atoms with Gasteiger partial charge in [-0.15, -0.1) is 0 Å². The average Bonchev–Trinajstić information content (AvgIpc) is 2.74. The fourth-order valence-electron chi connectivity index (χ4n) is 1.63. The highest BCUT2D eigenvalue weighted by Gasteiger charge is 2.04. The molecule has 0 radical (unpaired) electrons. The summed E-state index contributed by atoms with van der Waals surface area (Å²) in [4.78, 5) is 0. The van der Waals surface area contributed by atoms with E-state index in [1.54, 1.807) is 6.07 Å². The Bertz CT molecular complexity index is 473. The van der Waals surface area contributed by atoms with Crippen molar-refractivity contribution in [2.24, 2.45) is 0 Å². The Kier molecular flexibility index (Phi) is 3.36. The Morgan fingerprint density at radius 2 is 2.00 bits per heavy atom. The second-order valence-corrected chi connectivity index (χ2v) is 4.12. The molecular formula is C12H14ClNO2. The minimum absolute atomic E-state index is 0.423. The molecule has 2 aromatic heterocycles. The lowest BCUT2D eigenvalue weighted by molar-refractivity contribution is 0.478. The minimum Gasteiger partial charge on any atom is -0.466 e. The summed E-state index contributed by atoms with van der Waals surface area (Å²) >= 11 is 5.68. The standard InChI is InChI=1S/C12H14ClNO2/c1-8-5-10(9(2)15-8)6-14-7-11-3-4-12(13)16-11/h3-5,14H,6-7H2,1-2H3. The Hall–Kier alpha value is -1.19. The molecule has 4 heteroatoms. The van der Waals surface area contributed by atoms with E-state index in [-0.39, 0.29) is 0 Å². The number of furan rings is 2. The molecule has 0 aliphatic rings. The van der Waals surface area contributed by atoms with E-state index in [1.807, 2.05) is 26.0 Å². The molecule has 0 aromatic carbocycles. The van der Waals surface area contributed by atoms with Gasteiger partial charge in [0.2, 0.25) is 0 Å². The maximum Gasteiger partial charge on any atom is 0.193 e. The second-order valence-electron chi connectivity index (χ2n) is 3.75. The Morgan fingerprint density at radius 3 is 2.56 bits per heavy atom. The molecule has 0 bridgehead atoms. The first-order valence-corrected chi connectivity index (χ1v) is 5.54. The lowest BCUT2D eigenvalue weighted by atomic mass is 10.2. The SMILES string of the molecule is Cc1cc(CNCc2ccc(Cl)o2)c(C)o1. The molecule has 0 aliphatic carbocycles. The molecule has 86 valence electrons.